The molecule has 27 heavy (non-hydrogen) atoms. The van der Waals surface area contributed by atoms with E-state index in [1.807, 2.05) is 31.2 Å². The minimum absolute atomic E-state index is 0.160. The molecule has 3 rings (SSSR count). The van der Waals surface area contributed by atoms with Crippen molar-refractivity contribution in [3.05, 3.63) is 71.0 Å². The fourth-order valence-electron chi connectivity index (χ4n) is 2.45. The van der Waals surface area contributed by atoms with Crippen LogP contribution >= 0.6 is 11.3 Å². The third-order valence-electron chi connectivity index (χ3n) is 3.86. The Morgan fingerprint density at radius 3 is 2.63 bits per heavy atom. The molecule has 0 radical (unpaired) electrons. The van der Waals surface area contributed by atoms with Gasteiger partial charge in [-0.05, 0) is 25.1 Å². The van der Waals surface area contributed by atoms with E-state index in [9.17, 15) is 14.0 Å². The molecule has 0 saturated carbocycles. The first-order valence-electron chi connectivity index (χ1n) is 8.26. The molecule has 1 heterocycles. The van der Waals surface area contributed by atoms with E-state index in [-0.39, 0.29) is 18.1 Å². The summed E-state index contributed by atoms with van der Waals surface area (Å²) in [5.74, 6) is -1.20. The van der Waals surface area contributed by atoms with Crippen molar-refractivity contribution in [2.75, 3.05) is 18.9 Å². The molecule has 0 aliphatic carbocycles. The largest absolute Gasteiger partial charge is 0.331 e. The van der Waals surface area contributed by atoms with Crippen LogP contribution in [-0.4, -0.2) is 35.3 Å². The number of aromatic nitrogens is 1. The number of carbonyl (C=O) groups excluding carboxylic acids is 2. The minimum Gasteiger partial charge on any atom is -0.331 e. The van der Waals surface area contributed by atoms with Gasteiger partial charge in [-0.2, -0.15) is 0 Å². The summed E-state index contributed by atoms with van der Waals surface area (Å²) in [5.41, 5.74) is 2.72. The molecule has 1 aromatic heterocycles. The number of anilines is 1. The highest BCUT2D eigenvalue weighted by molar-refractivity contribution is 7.13. The maximum atomic E-state index is 13.2. The summed E-state index contributed by atoms with van der Waals surface area (Å²) in [6.07, 6.45) is 0. The second-order valence-electron chi connectivity index (χ2n) is 6.12. The molecule has 0 fully saturated rings. The predicted octanol–water partition coefficient (Wildman–Crippen LogP) is 3.97. The molecule has 1 N–H and O–H groups in total. The van der Waals surface area contributed by atoms with Crippen LogP contribution in [0.25, 0.3) is 10.6 Å². The van der Waals surface area contributed by atoms with Crippen LogP contribution in [-0.2, 0) is 4.79 Å². The van der Waals surface area contributed by atoms with E-state index in [0.717, 1.165) is 16.1 Å². The van der Waals surface area contributed by atoms with Crippen molar-refractivity contribution >= 4 is 28.8 Å². The average molecular weight is 383 g/mol. The number of thiazole rings is 1. The van der Waals surface area contributed by atoms with Gasteiger partial charge in [-0.25, -0.2) is 9.37 Å². The monoisotopic (exact) mass is 383 g/mol. The van der Waals surface area contributed by atoms with Gasteiger partial charge in [0.25, 0.3) is 5.91 Å². The topological polar surface area (TPSA) is 62.3 Å². The number of halogens is 1. The Balaban J connectivity index is 1.63. The van der Waals surface area contributed by atoms with Gasteiger partial charge in [0, 0.05) is 23.7 Å². The van der Waals surface area contributed by atoms with Crippen LogP contribution in [0.5, 0.6) is 0 Å². The maximum absolute atomic E-state index is 13.2. The molecule has 5 nitrogen and oxygen atoms in total. The van der Waals surface area contributed by atoms with Gasteiger partial charge in [0.15, 0.2) is 0 Å². The maximum Gasteiger partial charge on any atom is 0.273 e. The molecule has 0 atom stereocenters. The summed E-state index contributed by atoms with van der Waals surface area (Å²) in [5, 5.41) is 4.99. The smallest absolute Gasteiger partial charge is 0.273 e. The zero-order chi connectivity index (χ0) is 19.4. The average Bonchev–Trinajstić information content (AvgIpc) is 3.11. The van der Waals surface area contributed by atoms with Crippen molar-refractivity contribution < 1.29 is 14.0 Å². The lowest BCUT2D eigenvalue weighted by atomic mass is 10.2. The van der Waals surface area contributed by atoms with E-state index < -0.39 is 11.7 Å². The quantitative estimate of drug-likeness (QED) is 0.725. The van der Waals surface area contributed by atoms with Crippen LogP contribution in [0.1, 0.15) is 16.1 Å². The first-order valence-corrected chi connectivity index (χ1v) is 9.14. The summed E-state index contributed by atoms with van der Waals surface area (Å²) in [7, 11) is 1.53. The fraction of sp³-hybridized carbons (Fsp3) is 0.150. The summed E-state index contributed by atoms with van der Waals surface area (Å²) in [4.78, 5) is 30.3. The Kier molecular flexibility index (Phi) is 5.61. The number of hydrogen-bond acceptors (Lipinski definition) is 4. The highest BCUT2D eigenvalue weighted by Crippen LogP contribution is 2.24. The van der Waals surface area contributed by atoms with Gasteiger partial charge < -0.3 is 10.2 Å². The zero-order valence-corrected chi connectivity index (χ0v) is 15.7. The molecule has 2 amide bonds. The van der Waals surface area contributed by atoms with Crippen molar-refractivity contribution in [2.45, 2.75) is 6.92 Å². The number of aryl methyl sites for hydroxylation is 1. The van der Waals surface area contributed by atoms with Crippen LogP contribution in [0.15, 0.2) is 53.9 Å². The third-order valence-corrected chi connectivity index (χ3v) is 4.75. The van der Waals surface area contributed by atoms with Gasteiger partial charge in [-0.15, -0.1) is 11.3 Å². The third kappa shape index (κ3) is 4.77. The Bertz CT molecular complexity index is 969. The van der Waals surface area contributed by atoms with E-state index in [4.69, 9.17) is 0 Å². The molecule has 138 valence electrons. The van der Waals surface area contributed by atoms with E-state index in [0.29, 0.717) is 5.69 Å². The van der Waals surface area contributed by atoms with Crippen molar-refractivity contribution in [3.63, 3.8) is 0 Å². The number of benzene rings is 2. The van der Waals surface area contributed by atoms with E-state index in [1.165, 1.54) is 41.5 Å². The van der Waals surface area contributed by atoms with Crippen molar-refractivity contribution in [1.29, 1.82) is 0 Å². The highest BCUT2D eigenvalue weighted by atomic mass is 32.1. The molecule has 0 unspecified atom stereocenters. The van der Waals surface area contributed by atoms with Crippen molar-refractivity contribution in [1.82, 2.24) is 9.88 Å². The minimum atomic E-state index is -0.441. The molecule has 2 aromatic carbocycles. The van der Waals surface area contributed by atoms with Gasteiger partial charge in [0.2, 0.25) is 5.91 Å². The Morgan fingerprint density at radius 2 is 1.93 bits per heavy atom. The van der Waals surface area contributed by atoms with Crippen molar-refractivity contribution in [3.8, 4) is 10.6 Å². The lowest BCUT2D eigenvalue weighted by Crippen LogP contribution is -2.35. The van der Waals surface area contributed by atoms with Crippen LogP contribution in [0.4, 0.5) is 10.1 Å². The van der Waals surface area contributed by atoms with Gasteiger partial charge in [-0.1, -0.05) is 35.9 Å². The van der Waals surface area contributed by atoms with Crippen LogP contribution in [0.2, 0.25) is 0 Å². The number of carbonyl (C=O) groups is 2. The second-order valence-corrected chi connectivity index (χ2v) is 6.98. The predicted molar refractivity (Wildman–Crippen MR) is 104 cm³/mol. The highest BCUT2D eigenvalue weighted by Gasteiger charge is 2.18. The summed E-state index contributed by atoms with van der Waals surface area (Å²) < 4.78 is 13.2. The van der Waals surface area contributed by atoms with Gasteiger partial charge in [-0.3, -0.25) is 9.59 Å². The Hall–Kier alpha value is -3.06. The normalized spacial score (nSPS) is 10.5. The molecule has 0 spiro atoms. The molecular formula is C20H18FN3O2S. The first-order chi connectivity index (χ1) is 12.9. The summed E-state index contributed by atoms with van der Waals surface area (Å²) in [6.45, 7) is 1.84. The standard InChI is InChI=1S/C20H18FN3O2S/c1-13-6-8-14(9-7-13)19-23-17(12-27-19)20(26)24(2)11-18(25)22-16-5-3-4-15(21)10-16/h3-10,12H,11H2,1-2H3,(H,22,25). The summed E-state index contributed by atoms with van der Waals surface area (Å²) >= 11 is 1.38. The number of nitrogens with zero attached hydrogens (tertiary/aromatic N) is 2. The number of likely N-dealkylation sites (N-methyl/N-ethyl adjacent to an activating group) is 1. The Morgan fingerprint density at radius 1 is 1.19 bits per heavy atom. The van der Waals surface area contributed by atoms with Crippen LogP contribution < -0.4 is 5.32 Å². The lowest BCUT2D eigenvalue weighted by Gasteiger charge is -2.15. The van der Waals surface area contributed by atoms with E-state index >= 15 is 0 Å². The van der Waals surface area contributed by atoms with Crippen LogP contribution in [0.3, 0.4) is 0 Å². The number of rotatable bonds is 5. The van der Waals surface area contributed by atoms with E-state index in [2.05, 4.69) is 10.3 Å². The molecule has 0 aliphatic heterocycles. The molecule has 0 saturated heterocycles. The number of hydrogen-bond donors (Lipinski definition) is 1. The van der Waals surface area contributed by atoms with Crippen molar-refractivity contribution in [2.24, 2.45) is 0 Å². The SMILES string of the molecule is Cc1ccc(-c2nc(C(=O)N(C)CC(=O)Nc3cccc(F)c3)cs2)cc1. The fourth-order valence-corrected chi connectivity index (χ4v) is 3.25. The lowest BCUT2D eigenvalue weighted by molar-refractivity contribution is -0.116. The summed E-state index contributed by atoms with van der Waals surface area (Å²) in [6, 6.07) is 13.5. The molecule has 0 bridgehead atoms. The van der Waals surface area contributed by atoms with Gasteiger partial charge in [0.05, 0.1) is 6.54 Å². The van der Waals surface area contributed by atoms with Gasteiger partial charge in [0.1, 0.15) is 16.5 Å². The van der Waals surface area contributed by atoms with Gasteiger partial charge >= 0.3 is 0 Å². The molecule has 3 aromatic rings. The molecular weight excluding hydrogens is 365 g/mol. The first kappa shape index (κ1) is 18.7. The Labute approximate surface area is 160 Å². The molecule has 0 aliphatic rings. The number of nitrogens with one attached hydrogen (secondary N) is 1. The molecule has 7 heteroatoms. The number of amides is 2. The second kappa shape index (κ2) is 8.09. The van der Waals surface area contributed by atoms with Crippen LogP contribution in [0, 0.1) is 12.7 Å². The van der Waals surface area contributed by atoms with E-state index in [1.54, 1.807) is 11.4 Å². The zero-order valence-electron chi connectivity index (χ0n) is 14.9.